The molecule has 0 radical (unpaired) electrons. The van der Waals surface area contributed by atoms with Gasteiger partial charge in [-0.1, -0.05) is 11.6 Å². The van der Waals surface area contributed by atoms with E-state index in [9.17, 15) is 13.2 Å². The molecular formula is C13H6ClF3N2. The summed E-state index contributed by atoms with van der Waals surface area (Å²) in [4.78, 5) is 0. The summed E-state index contributed by atoms with van der Waals surface area (Å²) in [5.41, 5.74) is -0.160. The van der Waals surface area contributed by atoms with E-state index in [1.807, 2.05) is 0 Å². The Morgan fingerprint density at radius 2 is 1.79 bits per heavy atom. The van der Waals surface area contributed by atoms with Crippen LogP contribution in [0.25, 0.3) is 0 Å². The Bertz CT molecular complexity index is 657. The highest BCUT2D eigenvalue weighted by molar-refractivity contribution is 6.33. The van der Waals surface area contributed by atoms with E-state index in [2.05, 4.69) is 5.32 Å². The van der Waals surface area contributed by atoms with Gasteiger partial charge >= 0.3 is 0 Å². The summed E-state index contributed by atoms with van der Waals surface area (Å²) in [5, 5.41) is 10.8. The van der Waals surface area contributed by atoms with E-state index >= 15 is 0 Å². The first-order valence-electron chi connectivity index (χ1n) is 5.12. The molecule has 0 amide bonds. The second kappa shape index (κ2) is 5.21. The molecule has 2 nitrogen and oxygen atoms in total. The number of anilines is 2. The molecule has 0 aromatic heterocycles. The molecule has 0 fully saturated rings. The summed E-state index contributed by atoms with van der Waals surface area (Å²) < 4.78 is 40.0. The van der Waals surface area contributed by atoms with Gasteiger partial charge in [-0.25, -0.2) is 13.2 Å². The maximum Gasteiger partial charge on any atom is 0.151 e. The second-order valence-electron chi connectivity index (χ2n) is 3.68. The highest BCUT2D eigenvalue weighted by atomic mass is 35.5. The zero-order valence-corrected chi connectivity index (χ0v) is 10.1. The molecule has 0 saturated carbocycles. The minimum atomic E-state index is -0.936. The van der Waals surface area contributed by atoms with Crippen molar-refractivity contribution in [3.8, 4) is 6.07 Å². The van der Waals surface area contributed by atoms with Crippen LogP contribution >= 0.6 is 11.6 Å². The van der Waals surface area contributed by atoms with Crippen LogP contribution in [-0.2, 0) is 0 Å². The van der Waals surface area contributed by atoms with Crippen molar-refractivity contribution >= 4 is 23.0 Å². The Balaban J connectivity index is 2.40. The number of nitrogens with one attached hydrogen (secondary N) is 1. The smallest absolute Gasteiger partial charge is 0.151 e. The van der Waals surface area contributed by atoms with Crippen LogP contribution in [0.3, 0.4) is 0 Å². The summed E-state index contributed by atoms with van der Waals surface area (Å²) >= 11 is 5.68. The Morgan fingerprint density at radius 3 is 2.37 bits per heavy atom. The summed E-state index contributed by atoms with van der Waals surface area (Å²) in [6.45, 7) is 0. The minimum Gasteiger partial charge on any atom is -0.350 e. The molecule has 19 heavy (non-hydrogen) atoms. The number of rotatable bonds is 2. The molecule has 0 spiro atoms. The highest BCUT2D eigenvalue weighted by Crippen LogP contribution is 2.30. The van der Waals surface area contributed by atoms with E-state index in [0.29, 0.717) is 6.07 Å². The first-order chi connectivity index (χ1) is 9.01. The number of hydrogen-bond donors (Lipinski definition) is 1. The van der Waals surface area contributed by atoms with Crippen molar-refractivity contribution < 1.29 is 13.2 Å². The first kappa shape index (κ1) is 13.2. The molecule has 1 N–H and O–H groups in total. The van der Waals surface area contributed by atoms with Crippen molar-refractivity contribution in [3.63, 3.8) is 0 Å². The van der Waals surface area contributed by atoms with E-state index in [1.54, 1.807) is 6.07 Å². The van der Waals surface area contributed by atoms with Gasteiger partial charge in [0.15, 0.2) is 5.82 Å². The highest BCUT2D eigenvalue weighted by Gasteiger charge is 2.12. The standard InChI is InChI=1S/C13H6ClF3N2/c14-9-4-8(15)5-11(17)13(9)19-12-2-1-7(6-18)3-10(12)16/h1-5,19H. The van der Waals surface area contributed by atoms with Crippen LogP contribution in [-0.4, -0.2) is 0 Å². The molecule has 0 unspecified atom stereocenters. The van der Waals surface area contributed by atoms with Crippen molar-refractivity contribution in [3.05, 3.63) is 58.4 Å². The molecule has 0 saturated heterocycles. The fourth-order valence-corrected chi connectivity index (χ4v) is 1.72. The summed E-state index contributed by atoms with van der Waals surface area (Å²) in [7, 11) is 0. The quantitative estimate of drug-likeness (QED) is 0.887. The molecule has 96 valence electrons. The van der Waals surface area contributed by atoms with Gasteiger partial charge in [-0.15, -0.1) is 0 Å². The van der Waals surface area contributed by atoms with Gasteiger partial charge in [0.05, 0.1) is 28.0 Å². The van der Waals surface area contributed by atoms with E-state index in [1.165, 1.54) is 12.1 Å². The lowest BCUT2D eigenvalue weighted by molar-refractivity contribution is 0.585. The lowest BCUT2D eigenvalue weighted by Gasteiger charge is -2.10. The Hall–Kier alpha value is -2.19. The van der Waals surface area contributed by atoms with E-state index in [4.69, 9.17) is 16.9 Å². The fourth-order valence-electron chi connectivity index (χ4n) is 1.48. The van der Waals surface area contributed by atoms with Gasteiger partial charge in [0.25, 0.3) is 0 Å². The van der Waals surface area contributed by atoms with Crippen LogP contribution in [0.1, 0.15) is 5.56 Å². The average molecular weight is 283 g/mol. The minimum absolute atomic E-state index is 0.0635. The monoisotopic (exact) mass is 282 g/mol. The molecule has 2 rings (SSSR count). The maximum absolute atomic E-state index is 13.6. The zero-order chi connectivity index (χ0) is 14.0. The molecule has 2 aromatic carbocycles. The average Bonchev–Trinajstić information content (AvgIpc) is 2.35. The van der Waals surface area contributed by atoms with Gasteiger partial charge in [-0.2, -0.15) is 5.26 Å². The van der Waals surface area contributed by atoms with Gasteiger partial charge in [0.1, 0.15) is 11.6 Å². The van der Waals surface area contributed by atoms with Gasteiger partial charge in [0, 0.05) is 6.07 Å². The summed E-state index contributed by atoms with van der Waals surface area (Å²) in [6.07, 6.45) is 0. The number of nitrogens with zero attached hydrogens (tertiary/aromatic N) is 1. The Kier molecular flexibility index (Phi) is 3.63. The Morgan fingerprint density at radius 1 is 1.05 bits per heavy atom. The van der Waals surface area contributed by atoms with Crippen molar-refractivity contribution in [2.24, 2.45) is 0 Å². The number of nitriles is 1. The molecule has 0 atom stereocenters. The molecule has 0 aliphatic heterocycles. The topological polar surface area (TPSA) is 35.8 Å². The van der Waals surface area contributed by atoms with Gasteiger partial charge < -0.3 is 5.32 Å². The lowest BCUT2D eigenvalue weighted by Crippen LogP contribution is -1.98. The fraction of sp³-hybridized carbons (Fsp3) is 0. The van der Waals surface area contributed by atoms with Crippen LogP contribution in [0.4, 0.5) is 24.5 Å². The summed E-state index contributed by atoms with van der Waals surface area (Å²) in [6, 6.07) is 6.95. The zero-order valence-electron chi connectivity index (χ0n) is 9.35. The number of hydrogen-bond acceptors (Lipinski definition) is 2. The first-order valence-corrected chi connectivity index (χ1v) is 5.50. The molecule has 0 aliphatic carbocycles. The van der Waals surface area contributed by atoms with Gasteiger partial charge in [-0.05, 0) is 24.3 Å². The van der Waals surface area contributed by atoms with Gasteiger partial charge in [-0.3, -0.25) is 0 Å². The third-order valence-corrected chi connectivity index (χ3v) is 2.66. The van der Waals surface area contributed by atoms with Crippen molar-refractivity contribution in [1.29, 1.82) is 5.26 Å². The van der Waals surface area contributed by atoms with Crippen LogP contribution in [0.2, 0.25) is 5.02 Å². The predicted octanol–water partition coefficient (Wildman–Crippen LogP) is 4.37. The van der Waals surface area contributed by atoms with E-state index in [0.717, 1.165) is 12.1 Å². The van der Waals surface area contributed by atoms with Crippen LogP contribution in [0.5, 0.6) is 0 Å². The third kappa shape index (κ3) is 2.80. The van der Waals surface area contributed by atoms with E-state index in [-0.39, 0.29) is 22.0 Å². The molecule has 6 heteroatoms. The third-order valence-electron chi connectivity index (χ3n) is 2.36. The van der Waals surface area contributed by atoms with Crippen LogP contribution in [0, 0.1) is 28.8 Å². The molecular weight excluding hydrogens is 277 g/mol. The van der Waals surface area contributed by atoms with Crippen molar-refractivity contribution in [2.75, 3.05) is 5.32 Å². The van der Waals surface area contributed by atoms with Crippen LogP contribution in [0.15, 0.2) is 30.3 Å². The maximum atomic E-state index is 13.6. The Labute approximate surface area is 112 Å². The molecule has 2 aromatic rings. The van der Waals surface area contributed by atoms with Crippen molar-refractivity contribution in [2.45, 2.75) is 0 Å². The second-order valence-corrected chi connectivity index (χ2v) is 4.08. The predicted molar refractivity (Wildman–Crippen MR) is 65.8 cm³/mol. The lowest BCUT2D eigenvalue weighted by atomic mass is 10.2. The SMILES string of the molecule is N#Cc1ccc(Nc2c(F)cc(F)cc2Cl)c(F)c1. The molecule has 0 heterocycles. The van der Waals surface area contributed by atoms with Crippen molar-refractivity contribution in [1.82, 2.24) is 0 Å². The summed E-state index contributed by atoms with van der Waals surface area (Å²) in [5.74, 6) is -2.50. The van der Waals surface area contributed by atoms with Crippen LogP contribution < -0.4 is 5.32 Å². The number of halogens is 4. The largest absolute Gasteiger partial charge is 0.350 e. The van der Waals surface area contributed by atoms with E-state index < -0.39 is 17.5 Å². The molecule has 0 aliphatic rings. The van der Waals surface area contributed by atoms with Gasteiger partial charge in [0.2, 0.25) is 0 Å². The molecule has 0 bridgehead atoms. The normalized spacial score (nSPS) is 10.1. The number of benzene rings is 2.